The molecular formula is C18H15N3O2S. The predicted molar refractivity (Wildman–Crippen MR) is 94.4 cm³/mol. The summed E-state index contributed by atoms with van der Waals surface area (Å²) in [5.74, 6) is 0.294. The molecule has 3 rings (SSSR count). The van der Waals surface area contributed by atoms with Crippen molar-refractivity contribution in [2.24, 2.45) is 0 Å². The van der Waals surface area contributed by atoms with E-state index in [-0.39, 0.29) is 5.57 Å². The highest BCUT2D eigenvalue weighted by Crippen LogP contribution is 2.36. The summed E-state index contributed by atoms with van der Waals surface area (Å²) in [5, 5.41) is 12.5. The van der Waals surface area contributed by atoms with Gasteiger partial charge in [-0.25, -0.2) is 0 Å². The molecule has 0 bridgehead atoms. The Labute approximate surface area is 145 Å². The van der Waals surface area contributed by atoms with Gasteiger partial charge in [0.1, 0.15) is 23.6 Å². The maximum Gasteiger partial charge on any atom is 0.266 e. The third-order valence-corrected chi connectivity index (χ3v) is 4.22. The van der Waals surface area contributed by atoms with Crippen molar-refractivity contribution in [3.05, 3.63) is 70.8 Å². The van der Waals surface area contributed by atoms with E-state index in [0.717, 1.165) is 17.0 Å². The standard InChI is InChI=1S/C18H15N3O2S/c1-23-14-9-7-13(8-10-14)21-16(12-5-3-2-4-6-12)20-17(22)15(11-19)18(21)24/h2-10,16,24H,1H3,(H,20,22)/t16-/m1/s1. The zero-order chi connectivity index (χ0) is 17.1. The molecule has 0 saturated heterocycles. The van der Waals surface area contributed by atoms with Gasteiger partial charge < -0.3 is 15.0 Å². The number of nitriles is 1. The normalized spacial score (nSPS) is 17.3. The van der Waals surface area contributed by atoms with Gasteiger partial charge in [0.15, 0.2) is 0 Å². The number of nitrogens with one attached hydrogen (secondary N) is 1. The minimum atomic E-state index is -0.448. The van der Waals surface area contributed by atoms with Crippen LogP contribution in [-0.2, 0) is 4.79 Å². The average Bonchev–Trinajstić information content (AvgIpc) is 2.62. The number of rotatable bonds is 3. The number of anilines is 1. The molecule has 24 heavy (non-hydrogen) atoms. The lowest BCUT2D eigenvalue weighted by Crippen LogP contribution is -2.46. The van der Waals surface area contributed by atoms with Gasteiger partial charge in [-0.1, -0.05) is 30.3 Å². The number of hydrogen-bond donors (Lipinski definition) is 2. The summed E-state index contributed by atoms with van der Waals surface area (Å²) in [7, 11) is 1.60. The summed E-state index contributed by atoms with van der Waals surface area (Å²) in [6.45, 7) is 0. The molecule has 1 aliphatic heterocycles. The molecule has 1 N–H and O–H groups in total. The fourth-order valence-electron chi connectivity index (χ4n) is 2.59. The van der Waals surface area contributed by atoms with E-state index < -0.39 is 12.1 Å². The first-order valence-electron chi connectivity index (χ1n) is 7.28. The van der Waals surface area contributed by atoms with Gasteiger partial charge in [0.2, 0.25) is 0 Å². The van der Waals surface area contributed by atoms with E-state index in [1.807, 2.05) is 65.6 Å². The first kappa shape index (κ1) is 16.0. The van der Waals surface area contributed by atoms with Crippen molar-refractivity contribution in [1.29, 1.82) is 5.26 Å². The number of thiol groups is 1. The second-order valence-electron chi connectivity index (χ2n) is 5.17. The molecule has 2 aromatic rings. The maximum atomic E-state index is 12.2. The zero-order valence-electron chi connectivity index (χ0n) is 12.9. The van der Waals surface area contributed by atoms with Gasteiger partial charge in [-0.05, 0) is 29.8 Å². The molecule has 0 spiro atoms. The number of carbonyl (C=O) groups is 1. The van der Waals surface area contributed by atoms with E-state index in [1.165, 1.54) is 0 Å². The molecule has 1 aliphatic rings. The highest BCUT2D eigenvalue weighted by molar-refractivity contribution is 7.84. The van der Waals surface area contributed by atoms with Crippen LogP contribution in [0, 0.1) is 11.3 Å². The fourth-order valence-corrected chi connectivity index (χ4v) is 2.97. The molecule has 0 fully saturated rings. The lowest BCUT2D eigenvalue weighted by Gasteiger charge is -2.38. The molecule has 1 atom stereocenters. The SMILES string of the molecule is COc1ccc(N2C(S)=C(C#N)C(=O)N[C@H]2c2ccccc2)cc1. The minimum absolute atomic E-state index is 0.0127. The first-order chi connectivity index (χ1) is 11.7. The Bertz CT molecular complexity index is 826. The average molecular weight is 337 g/mol. The van der Waals surface area contributed by atoms with Crippen LogP contribution < -0.4 is 15.0 Å². The Morgan fingerprint density at radius 2 is 1.83 bits per heavy atom. The van der Waals surface area contributed by atoms with E-state index in [1.54, 1.807) is 7.11 Å². The summed E-state index contributed by atoms with van der Waals surface area (Å²) < 4.78 is 5.18. The Balaban J connectivity index is 2.12. The predicted octanol–water partition coefficient (Wildman–Crippen LogP) is 3.00. The van der Waals surface area contributed by atoms with Crippen molar-refractivity contribution in [2.75, 3.05) is 12.0 Å². The first-order valence-corrected chi connectivity index (χ1v) is 7.73. The molecule has 1 heterocycles. The van der Waals surface area contributed by atoms with Crippen LogP contribution in [0.15, 0.2) is 65.2 Å². The van der Waals surface area contributed by atoms with Crippen molar-refractivity contribution in [3.63, 3.8) is 0 Å². The van der Waals surface area contributed by atoms with Crippen LogP contribution in [0.1, 0.15) is 11.7 Å². The molecule has 0 aliphatic carbocycles. The van der Waals surface area contributed by atoms with Gasteiger partial charge in [0, 0.05) is 5.69 Å². The van der Waals surface area contributed by atoms with Crippen LogP contribution in [0.3, 0.4) is 0 Å². The second-order valence-corrected chi connectivity index (χ2v) is 5.59. The minimum Gasteiger partial charge on any atom is -0.497 e. The van der Waals surface area contributed by atoms with Crippen LogP contribution in [0.5, 0.6) is 5.75 Å². The van der Waals surface area contributed by atoms with E-state index >= 15 is 0 Å². The summed E-state index contributed by atoms with van der Waals surface area (Å²) in [5.41, 5.74) is 1.67. The van der Waals surface area contributed by atoms with Crippen molar-refractivity contribution in [2.45, 2.75) is 6.17 Å². The molecule has 0 saturated carbocycles. The van der Waals surface area contributed by atoms with Crippen LogP contribution in [-0.4, -0.2) is 13.0 Å². The lowest BCUT2D eigenvalue weighted by molar-refractivity contribution is -0.118. The summed E-state index contributed by atoms with van der Waals surface area (Å²) >= 11 is 4.45. The van der Waals surface area contributed by atoms with Crippen molar-refractivity contribution >= 4 is 24.2 Å². The van der Waals surface area contributed by atoms with Crippen molar-refractivity contribution in [3.8, 4) is 11.8 Å². The Hall–Kier alpha value is -2.91. The number of amides is 1. The van der Waals surface area contributed by atoms with E-state index in [2.05, 4.69) is 17.9 Å². The molecule has 0 unspecified atom stereocenters. The fraction of sp³-hybridized carbons (Fsp3) is 0.111. The number of carbonyl (C=O) groups excluding carboxylic acids is 1. The van der Waals surface area contributed by atoms with E-state index in [4.69, 9.17) is 4.74 Å². The molecule has 0 radical (unpaired) electrons. The van der Waals surface area contributed by atoms with Gasteiger partial charge in [-0.2, -0.15) is 5.26 Å². The molecular weight excluding hydrogens is 322 g/mol. The Morgan fingerprint density at radius 1 is 1.17 bits per heavy atom. The lowest BCUT2D eigenvalue weighted by atomic mass is 10.1. The molecule has 120 valence electrons. The monoisotopic (exact) mass is 337 g/mol. The third-order valence-electron chi connectivity index (χ3n) is 3.78. The third kappa shape index (κ3) is 2.82. The highest BCUT2D eigenvalue weighted by atomic mass is 32.1. The van der Waals surface area contributed by atoms with Gasteiger partial charge in [-0.15, -0.1) is 12.6 Å². The topological polar surface area (TPSA) is 65.4 Å². The maximum absolute atomic E-state index is 12.2. The number of benzene rings is 2. The van der Waals surface area contributed by atoms with Crippen LogP contribution >= 0.6 is 12.6 Å². The van der Waals surface area contributed by atoms with Gasteiger partial charge in [-0.3, -0.25) is 4.79 Å². The molecule has 6 heteroatoms. The van der Waals surface area contributed by atoms with Crippen LogP contribution in [0.4, 0.5) is 5.69 Å². The van der Waals surface area contributed by atoms with Gasteiger partial charge in [0.25, 0.3) is 5.91 Å². The number of nitrogens with zero attached hydrogens (tertiary/aromatic N) is 2. The summed E-state index contributed by atoms with van der Waals surface area (Å²) in [6.07, 6.45) is -0.448. The van der Waals surface area contributed by atoms with Crippen LogP contribution in [0.2, 0.25) is 0 Å². The quantitative estimate of drug-likeness (QED) is 0.845. The number of methoxy groups -OCH3 is 1. The number of ether oxygens (including phenoxy) is 1. The second kappa shape index (κ2) is 6.69. The van der Waals surface area contributed by atoms with Crippen molar-refractivity contribution < 1.29 is 9.53 Å². The number of hydrogen-bond acceptors (Lipinski definition) is 5. The molecule has 2 aromatic carbocycles. The zero-order valence-corrected chi connectivity index (χ0v) is 13.8. The summed E-state index contributed by atoms with van der Waals surface area (Å²) in [6, 6.07) is 18.8. The Kier molecular flexibility index (Phi) is 4.45. The van der Waals surface area contributed by atoms with Gasteiger partial charge >= 0.3 is 0 Å². The molecule has 0 aromatic heterocycles. The highest BCUT2D eigenvalue weighted by Gasteiger charge is 2.33. The summed E-state index contributed by atoms with van der Waals surface area (Å²) in [4.78, 5) is 14.0. The largest absolute Gasteiger partial charge is 0.497 e. The smallest absolute Gasteiger partial charge is 0.266 e. The van der Waals surface area contributed by atoms with Crippen molar-refractivity contribution in [1.82, 2.24) is 5.32 Å². The molecule has 5 nitrogen and oxygen atoms in total. The van der Waals surface area contributed by atoms with Gasteiger partial charge in [0.05, 0.1) is 12.1 Å². The van der Waals surface area contributed by atoms with Crippen LogP contribution in [0.25, 0.3) is 0 Å². The Morgan fingerprint density at radius 3 is 2.42 bits per heavy atom. The van der Waals surface area contributed by atoms with E-state index in [0.29, 0.717) is 5.03 Å². The molecule has 1 amide bonds. The van der Waals surface area contributed by atoms with E-state index in [9.17, 15) is 10.1 Å².